The normalized spacial score (nSPS) is 10.3. The van der Waals surface area contributed by atoms with E-state index in [1.54, 1.807) is 12.4 Å². The van der Waals surface area contributed by atoms with Gasteiger partial charge in [-0.2, -0.15) is 4.99 Å². The molecule has 0 atom stereocenters. The first-order valence-corrected chi connectivity index (χ1v) is 10.2. The standard InChI is InChI=1S/C23H28N8O/c1-31(2)20-8-6-16(7-9-20)10-11-26-22-27-14-19(15-28-22)18-5-3-4-17(12-18)13-29-23(32)30-21(24)25/h3-9,12,14-15H,10-11,13H2,1-2H3,(H,26,27,28)(H5,24,25,29,30,32). The molecule has 9 nitrogen and oxygen atoms in total. The largest absolute Gasteiger partial charge is 0.378 e. The number of guanidine groups is 1. The van der Waals surface area contributed by atoms with Crippen LogP contribution >= 0.6 is 0 Å². The average Bonchev–Trinajstić information content (AvgIpc) is 2.78. The second kappa shape index (κ2) is 10.8. The molecule has 166 valence electrons. The summed E-state index contributed by atoms with van der Waals surface area (Å²) in [6, 6.07) is 15.6. The lowest BCUT2D eigenvalue weighted by atomic mass is 10.1. The molecular weight excluding hydrogens is 404 g/mol. The third-order valence-electron chi connectivity index (χ3n) is 4.74. The average molecular weight is 433 g/mol. The molecule has 0 spiro atoms. The van der Waals surface area contributed by atoms with Crippen LogP contribution in [0, 0.1) is 0 Å². The van der Waals surface area contributed by atoms with E-state index in [4.69, 9.17) is 11.5 Å². The molecule has 0 aliphatic heterocycles. The highest BCUT2D eigenvalue weighted by Gasteiger charge is 2.04. The minimum Gasteiger partial charge on any atom is -0.378 e. The number of urea groups is 1. The number of anilines is 2. The Morgan fingerprint density at radius 2 is 1.72 bits per heavy atom. The highest BCUT2D eigenvalue weighted by atomic mass is 16.2. The van der Waals surface area contributed by atoms with Crippen molar-refractivity contribution in [1.29, 1.82) is 0 Å². The predicted octanol–water partition coefficient (Wildman–Crippen LogP) is 2.35. The number of carbonyl (C=O) groups is 1. The molecule has 9 heteroatoms. The van der Waals surface area contributed by atoms with Gasteiger partial charge in [-0.15, -0.1) is 0 Å². The van der Waals surface area contributed by atoms with Crippen molar-refractivity contribution in [2.75, 3.05) is 30.9 Å². The van der Waals surface area contributed by atoms with Crippen molar-refractivity contribution in [3.05, 3.63) is 72.1 Å². The molecule has 2 aromatic carbocycles. The van der Waals surface area contributed by atoms with E-state index in [1.165, 1.54) is 11.3 Å². The van der Waals surface area contributed by atoms with E-state index in [1.807, 2.05) is 38.4 Å². The Morgan fingerprint density at radius 1 is 1.00 bits per heavy atom. The van der Waals surface area contributed by atoms with Gasteiger partial charge >= 0.3 is 6.03 Å². The van der Waals surface area contributed by atoms with Gasteiger partial charge in [0.05, 0.1) is 0 Å². The molecule has 1 aromatic heterocycles. The van der Waals surface area contributed by atoms with Crippen molar-refractivity contribution in [3.8, 4) is 11.1 Å². The maximum atomic E-state index is 11.6. The van der Waals surface area contributed by atoms with Gasteiger partial charge in [0.1, 0.15) is 0 Å². The summed E-state index contributed by atoms with van der Waals surface area (Å²) in [5.74, 6) is 0.309. The second-order valence-corrected chi connectivity index (χ2v) is 7.43. The fourth-order valence-electron chi connectivity index (χ4n) is 3.04. The van der Waals surface area contributed by atoms with E-state index in [0.717, 1.165) is 29.7 Å². The van der Waals surface area contributed by atoms with E-state index in [0.29, 0.717) is 12.5 Å². The number of benzene rings is 2. The number of amides is 2. The Balaban J connectivity index is 1.53. The van der Waals surface area contributed by atoms with Crippen LogP contribution in [0.15, 0.2) is 65.9 Å². The second-order valence-electron chi connectivity index (χ2n) is 7.43. The molecule has 0 radical (unpaired) electrons. The summed E-state index contributed by atoms with van der Waals surface area (Å²) in [4.78, 5) is 25.9. The van der Waals surface area contributed by atoms with Gasteiger partial charge in [-0.1, -0.05) is 30.3 Å². The van der Waals surface area contributed by atoms with Gasteiger partial charge in [-0.25, -0.2) is 14.8 Å². The number of nitrogens with one attached hydrogen (secondary N) is 2. The molecule has 0 unspecified atom stereocenters. The molecular formula is C23H28N8O. The Bertz CT molecular complexity index is 1060. The van der Waals surface area contributed by atoms with Crippen molar-refractivity contribution in [1.82, 2.24) is 15.3 Å². The number of nitrogens with zero attached hydrogens (tertiary/aromatic N) is 4. The highest BCUT2D eigenvalue weighted by Crippen LogP contribution is 2.20. The van der Waals surface area contributed by atoms with Gasteiger partial charge in [0.25, 0.3) is 0 Å². The number of hydrogen-bond donors (Lipinski definition) is 4. The van der Waals surface area contributed by atoms with Crippen LogP contribution in [0.4, 0.5) is 16.4 Å². The summed E-state index contributed by atoms with van der Waals surface area (Å²) in [6.07, 6.45) is 4.43. The van der Waals surface area contributed by atoms with Crippen LogP contribution < -0.4 is 27.0 Å². The van der Waals surface area contributed by atoms with Gasteiger partial charge < -0.3 is 27.0 Å². The summed E-state index contributed by atoms with van der Waals surface area (Å²) in [5.41, 5.74) is 15.6. The van der Waals surface area contributed by atoms with Crippen LogP contribution in [-0.2, 0) is 13.0 Å². The van der Waals surface area contributed by atoms with Gasteiger partial charge in [-0.05, 0) is 41.3 Å². The summed E-state index contributed by atoms with van der Waals surface area (Å²) in [5, 5.41) is 5.89. The zero-order chi connectivity index (χ0) is 22.9. The number of carbonyl (C=O) groups excluding carboxylic acids is 1. The van der Waals surface area contributed by atoms with Gasteiger partial charge in [0.2, 0.25) is 5.95 Å². The SMILES string of the molecule is CN(C)c1ccc(CCNc2ncc(-c3cccc(CNC(=O)N=C(N)N)c3)cn2)cc1. The van der Waals surface area contributed by atoms with Crippen molar-refractivity contribution >= 4 is 23.6 Å². The Morgan fingerprint density at radius 3 is 2.38 bits per heavy atom. The molecule has 0 saturated heterocycles. The highest BCUT2D eigenvalue weighted by molar-refractivity contribution is 5.90. The Hall–Kier alpha value is -4.14. The molecule has 0 fully saturated rings. The first-order valence-electron chi connectivity index (χ1n) is 10.2. The van der Waals surface area contributed by atoms with Crippen molar-refractivity contribution in [3.63, 3.8) is 0 Å². The van der Waals surface area contributed by atoms with Crippen molar-refractivity contribution in [2.45, 2.75) is 13.0 Å². The first-order chi connectivity index (χ1) is 15.4. The van der Waals surface area contributed by atoms with Gasteiger partial charge in [-0.3, -0.25) is 0 Å². The summed E-state index contributed by atoms with van der Waals surface area (Å²) < 4.78 is 0. The lowest BCUT2D eigenvalue weighted by Gasteiger charge is -2.12. The van der Waals surface area contributed by atoms with E-state index in [-0.39, 0.29) is 5.96 Å². The van der Waals surface area contributed by atoms with Crippen LogP contribution in [0.25, 0.3) is 11.1 Å². The van der Waals surface area contributed by atoms with E-state index >= 15 is 0 Å². The third kappa shape index (κ3) is 6.69. The minimum atomic E-state index is -0.581. The molecule has 3 rings (SSSR count). The lowest BCUT2D eigenvalue weighted by molar-refractivity contribution is 0.249. The quantitative estimate of drug-likeness (QED) is 0.317. The first kappa shape index (κ1) is 22.5. The number of nitrogens with two attached hydrogens (primary N) is 2. The Kier molecular flexibility index (Phi) is 7.58. The van der Waals surface area contributed by atoms with Crippen molar-refractivity contribution < 1.29 is 4.79 Å². The molecule has 0 bridgehead atoms. The van der Waals surface area contributed by atoms with Crippen molar-refractivity contribution in [2.24, 2.45) is 16.5 Å². The third-order valence-corrected chi connectivity index (χ3v) is 4.74. The summed E-state index contributed by atoms with van der Waals surface area (Å²) in [6.45, 7) is 1.05. The van der Waals surface area contributed by atoms with Crippen LogP contribution in [0.3, 0.4) is 0 Å². The molecule has 0 saturated carbocycles. The number of aliphatic imine (C=N–C) groups is 1. The molecule has 3 aromatic rings. The van der Waals surface area contributed by atoms with Crippen LogP contribution in [0.5, 0.6) is 0 Å². The van der Waals surface area contributed by atoms with E-state index in [9.17, 15) is 4.79 Å². The zero-order valence-electron chi connectivity index (χ0n) is 18.2. The Labute approximate surface area is 187 Å². The number of aromatic nitrogens is 2. The van der Waals surface area contributed by atoms with Crippen LogP contribution in [0.2, 0.25) is 0 Å². The maximum absolute atomic E-state index is 11.6. The number of rotatable bonds is 8. The fourth-order valence-corrected chi connectivity index (χ4v) is 3.04. The summed E-state index contributed by atoms with van der Waals surface area (Å²) in [7, 11) is 4.06. The number of hydrogen-bond acceptors (Lipinski definition) is 5. The molecule has 0 aliphatic carbocycles. The van der Waals surface area contributed by atoms with Gasteiger partial charge in [0, 0.05) is 50.8 Å². The molecule has 6 N–H and O–H groups in total. The zero-order valence-corrected chi connectivity index (χ0v) is 18.2. The molecule has 1 heterocycles. The lowest BCUT2D eigenvalue weighted by Crippen LogP contribution is -2.28. The van der Waals surface area contributed by atoms with Crippen LogP contribution in [0.1, 0.15) is 11.1 Å². The fraction of sp³-hybridized carbons (Fsp3) is 0.217. The molecule has 2 amide bonds. The van der Waals surface area contributed by atoms with E-state index < -0.39 is 6.03 Å². The summed E-state index contributed by atoms with van der Waals surface area (Å²) >= 11 is 0. The van der Waals surface area contributed by atoms with Crippen LogP contribution in [-0.4, -0.2) is 42.6 Å². The predicted molar refractivity (Wildman–Crippen MR) is 128 cm³/mol. The monoisotopic (exact) mass is 432 g/mol. The maximum Gasteiger partial charge on any atom is 0.344 e. The molecule has 32 heavy (non-hydrogen) atoms. The smallest absolute Gasteiger partial charge is 0.344 e. The van der Waals surface area contributed by atoms with Gasteiger partial charge in [0.15, 0.2) is 5.96 Å². The topological polar surface area (TPSA) is 135 Å². The molecule has 0 aliphatic rings. The minimum absolute atomic E-state index is 0.274. The van der Waals surface area contributed by atoms with E-state index in [2.05, 4.69) is 54.8 Å².